The Morgan fingerprint density at radius 3 is 2.68 bits per heavy atom. The molecule has 2 N–H and O–H groups in total. The summed E-state index contributed by atoms with van der Waals surface area (Å²) in [6, 6.07) is 6.30. The summed E-state index contributed by atoms with van der Waals surface area (Å²) in [5.41, 5.74) is 5.88. The molecular formula is C13H17FN4O2S2. The van der Waals surface area contributed by atoms with Crippen molar-refractivity contribution in [2.75, 3.05) is 24.3 Å². The Balaban J connectivity index is 2.33. The average molecular weight is 344 g/mol. The van der Waals surface area contributed by atoms with Crippen molar-refractivity contribution in [2.24, 2.45) is 5.73 Å². The van der Waals surface area contributed by atoms with Gasteiger partial charge in [0.1, 0.15) is 21.5 Å². The topological polar surface area (TPSA) is 90.9 Å². The highest BCUT2D eigenvalue weighted by Crippen LogP contribution is 2.24. The zero-order valence-corrected chi connectivity index (χ0v) is 13.7. The fraction of sp³-hybridized carbons (Fsp3) is 0.385. The van der Waals surface area contributed by atoms with Crippen LogP contribution < -0.4 is 5.73 Å². The quantitative estimate of drug-likeness (QED) is 0.755. The van der Waals surface area contributed by atoms with Gasteiger partial charge < -0.3 is 5.73 Å². The first-order valence-corrected chi connectivity index (χ1v) is 9.67. The molecule has 1 aromatic carbocycles. The number of halogens is 1. The van der Waals surface area contributed by atoms with Crippen molar-refractivity contribution in [1.29, 1.82) is 0 Å². The van der Waals surface area contributed by atoms with Crippen molar-refractivity contribution in [3.8, 4) is 5.69 Å². The number of rotatable bonds is 7. The van der Waals surface area contributed by atoms with Crippen molar-refractivity contribution in [1.82, 2.24) is 14.8 Å². The monoisotopic (exact) mass is 344 g/mol. The van der Waals surface area contributed by atoms with Gasteiger partial charge in [-0.2, -0.15) is 0 Å². The molecule has 0 saturated carbocycles. The highest BCUT2D eigenvalue weighted by atomic mass is 32.2. The van der Waals surface area contributed by atoms with Gasteiger partial charge in [0.2, 0.25) is 0 Å². The van der Waals surface area contributed by atoms with Crippen LogP contribution in [0.3, 0.4) is 0 Å². The van der Waals surface area contributed by atoms with E-state index in [4.69, 9.17) is 5.73 Å². The molecule has 0 aliphatic carbocycles. The number of thioether (sulfide) groups is 1. The Morgan fingerprint density at radius 1 is 1.32 bits per heavy atom. The van der Waals surface area contributed by atoms with Gasteiger partial charge in [-0.3, -0.25) is 4.57 Å². The lowest BCUT2D eigenvalue weighted by atomic mass is 10.3. The largest absolute Gasteiger partial charge is 0.330 e. The average Bonchev–Trinajstić information content (AvgIpc) is 2.81. The standard InChI is InChI=1S/C13H17FN4O2S2/c1-22(19,20)9-8-21-13-17-16-12(6-7-15)18(13)11-5-3-2-4-10(11)14/h2-5H,6-9,15H2,1H3. The van der Waals surface area contributed by atoms with Gasteiger partial charge >= 0.3 is 0 Å². The van der Waals surface area contributed by atoms with Crippen molar-refractivity contribution in [3.05, 3.63) is 35.9 Å². The van der Waals surface area contributed by atoms with Crippen LogP contribution in [-0.4, -0.2) is 47.5 Å². The fourth-order valence-corrected chi connectivity index (χ4v) is 4.00. The Labute approximate surface area is 132 Å². The summed E-state index contributed by atoms with van der Waals surface area (Å²) in [7, 11) is -3.06. The van der Waals surface area contributed by atoms with Crippen molar-refractivity contribution >= 4 is 21.6 Å². The van der Waals surface area contributed by atoms with E-state index in [1.165, 1.54) is 24.1 Å². The van der Waals surface area contributed by atoms with Crippen molar-refractivity contribution in [2.45, 2.75) is 11.6 Å². The smallest absolute Gasteiger partial charge is 0.195 e. The van der Waals surface area contributed by atoms with Gasteiger partial charge in [0.05, 0.1) is 11.4 Å². The van der Waals surface area contributed by atoms with Crippen LogP contribution >= 0.6 is 11.8 Å². The SMILES string of the molecule is CS(=O)(=O)CCSc1nnc(CCN)n1-c1ccccc1F. The van der Waals surface area contributed by atoms with E-state index in [0.29, 0.717) is 35.4 Å². The number of hydrogen-bond donors (Lipinski definition) is 1. The molecular weight excluding hydrogens is 327 g/mol. The summed E-state index contributed by atoms with van der Waals surface area (Å²) in [6.07, 6.45) is 1.63. The van der Waals surface area contributed by atoms with Crippen LogP contribution in [0.2, 0.25) is 0 Å². The molecule has 0 bridgehead atoms. The Bertz CT molecular complexity index is 746. The predicted octanol–water partition coefficient (Wildman–Crippen LogP) is 1.04. The fourth-order valence-electron chi connectivity index (χ4n) is 1.84. The lowest BCUT2D eigenvalue weighted by Crippen LogP contribution is -2.11. The second-order valence-corrected chi connectivity index (χ2v) is 8.02. The van der Waals surface area contributed by atoms with E-state index >= 15 is 0 Å². The molecule has 0 aliphatic rings. The van der Waals surface area contributed by atoms with E-state index in [2.05, 4.69) is 10.2 Å². The molecule has 120 valence electrons. The van der Waals surface area contributed by atoms with Crippen LogP contribution in [0.25, 0.3) is 5.69 Å². The maximum atomic E-state index is 14.1. The molecule has 1 aromatic heterocycles. The first kappa shape index (κ1) is 16.9. The van der Waals surface area contributed by atoms with Gasteiger partial charge in [0, 0.05) is 18.4 Å². The summed E-state index contributed by atoms with van der Waals surface area (Å²) in [5, 5.41) is 8.52. The molecule has 2 aromatic rings. The molecule has 0 radical (unpaired) electrons. The van der Waals surface area contributed by atoms with Crippen LogP contribution in [0.4, 0.5) is 4.39 Å². The molecule has 2 rings (SSSR count). The Morgan fingerprint density at radius 2 is 2.05 bits per heavy atom. The first-order valence-electron chi connectivity index (χ1n) is 6.62. The van der Waals surface area contributed by atoms with Gasteiger partial charge in [-0.15, -0.1) is 10.2 Å². The predicted molar refractivity (Wildman–Crippen MR) is 84.5 cm³/mol. The highest BCUT2D eigenvalue weighted by molar-refractivity contribution is 8.00. The minimum Gasteiger partial charge on any atom is -0.330 e. The van der Waals surface area contributed by atoms with Crippen LogP contribution in [0.5, 0.6) is 0 Å². The lowest BCUT2D eigenvalue weighted by Gasteiger charge is -2.10. The van der Waals surface area contributed by atoms with Crippen molar-refractivity contribution in [3.63, 3.8) is 0 Å². The Kier molecular flexibility index (Phi) is 5.54. The third-order valence-electron chi connectivity index (χ3n) is 2.85. The maximum absolute atomic E-state index is 14.1. The molecule has 0 saturated heterocycles. The van der Waals surface area contributed by atoms with Crippen LogP contribution in [0.15, 0.2) is 29.4 Å². The minimum atomic E-state index is -3.06. The van der Waals surface area contributed by atoms with Gasteiger partial charge in [-0.1, -0.05) is 23.9 Å². The number of nitrogens with zero attached hydrogens (tertiary/aromatic N) is 3. The van der Waals surface area contributed by atoms with E-state index in [0.717, 1.165) is 0 Å². The van der Waals surface area contributed by atoms with E-state index < -0.39 is 15.7 Å². The highest BCUT2D eigenvalue weighted by Gasteiger charge is 2.17. The summed E-state index contributed by atoms with van der Waals surface area (Å²) in [6.45, 7) is 0.362. The molecule has 9 heteroatoms. The number of aromatic nitrogens is 3. The molecule has 0 atom stereocenters. The van der Waals surface area contributed by atoms with E-state index in [1.54, 1.807) is 22.8 Å². The molecule has 22 heavy (non-hydrogen) atoms. The summed E-state index contributed by atoms with van der Waals surface area (Å²) >= 11 is 1.23. The molecule has 0 unspecified atom stereocenters. The number of benzene rings is 1. The van der Waals surface area contributed by atoms with E-state index in [1.807, 2.05) is 0 Å². The summed E-state index contributed by atoms with van der Waals surface area (Å²) in [5.74, 6) is 0.502. The molecule has 6 nitrogen and oxygen atoms in total. The van der Waals surface area contributed by atoms with Crippen molar-refractivity contribution < 1.29 is 12.8 Å². The van der Waals surface area contributed by atoms with E-state index in [9.17, 15) is 12.8 Å². The van der Waals surface area contributed by atoms with Gasteiger partial charge in [0.25, 0.3) is 0 Å². The van der Waals surface area contributed by atoms with Gasteiger partial charge in [-0.05, 0) is 18.7 Å². The van der Waals surface area contributed by atoms with Gasteiger partial charge in [-0.25, -0.2) is 12.8 Å². The second kappa shape index (κ2) is 7.21. The van der Waals surface area contributed by atoms with Crippen LogP contribution in [-0.2, 0) is 16.3 Å². The second-order valence-electron chi connectivity index (χ2n) is 4.70. The molecule has 0 spiro atoms. The minimum absolute atomic E-state index is 0.0218. The molecule has 0 aliphatic heterocycles. The third-order valence-corrected chi connectivity index (χ3v) is 4.98. The number of para-hydroxylation sites is 1. The summed E-state index contributed by atoms with van der Waals surface area (Å²) < 4.78 is 38.1. The van der Waals surface area contributed by atoms with Crippen LogP contribution in [0, 0.1) is 5.82 Å². The zero-order valence-electron chi connectivity index (χ0n) is 12.1. The first-order chi connectivity index (χ1) is 10.4. The zero-order chi connectivity index (χ0) is 16.2. The number of sulfone groups is 1. The third kappa shape index (κ3) is 4.28. The summed E-state index contributed by atoms with van der Waals surface area (Å²) in [4.78, 5) is 0. The normalized spacial score (nSPS) is 11.8. The number of hydrogen-bond acceptors (Lipinski definition) is 6. The Hall–Kier alpha value is -1.45. The van der Waals surface area contributed by atoms with Gasteiger partial charge in [0.15, 0.2) is 5.16 Å². The molecule has 0 amide bonds. The van der Waals surface area contributed by atoms with Crippen LogP contribution in [0.1, 0.15) is 5.82 Å². The number of nitrogens with two attached hydrogens (primary N) is 1. The molecule has 0 fully saturated rings. The molecule has 1 heterocycles. The maximum Gasteiger partial charge on any atom is 0.195 e. The lowest BCUT2D eigenvalue weighted by molar-refractivity contribution is 0.603. The van der Waals surface area contributed by atoms with E-state index in [-0.39, 0.29) is 5.75 Å².